The Balaban J connectivity index is 2.38. The van der Waals surface area contributed by atoms with Crippen molar-refractivity contribution < 1.29 is 18.7 Å². The Morgan fingerprint density at radius 3 is 2.77 bits per heavy atom. The molecule has 0 aliphatic rings. The van der Waals surface area contributed by atoms with Gasteiger partial charge in [0.15, 0.2) is 0 Å². The van der Waals surface area contributed by atoms with E-state index in [1.807, 2.05) is 12.1 Å². The van der Waals surface area contributed by atoms with Gasteiger partial charge in [-0.05, 0) is 31.0 Å². The lowest BCUT2D eigenvalue weighted by Crippen LogP contribution is -2.16. The van der Waals surface area contributed by atoms with Crippen LogP contribution in [0.25, 0.3) is 11.0 Å². The number of aryl methyl sites for hydroxylation is 1. The second-order valence-corrected chi connectivity index (χ2v) is 5.11. The third kappa shape index (κ3) is 3.47. The highest BCUT2D eigenvalue weighted by atomic mass is 16.5. The first-order chi connectivity index (χ1) is 10.6. The summed E-state index contributed by atoms with van der Waals surface area (Å²) in [6, 6.07) is 5.39. The summed E-state index contributed by atoms with van der Waals surface area (Å²) in [5.74, 6) is 0.207. The molecular formula is C17H20O5. The van der Waals surface area contributed by atoms with E-state index in [9.17, 15) is 9.59 Å². The topological polar surface area (TPSA) is 65.7 Å². The van der Waals surface area contributed by atoms with Crippen molar-refractivity contribution in [3.63, 3.8) is 0 Å². The molecule has 1 aromatic carbocycles. The molecule has 0 atom stereocenters. The molecule has 5 heteroatoms. The van der Waals surface area contributed by atoms with Gasteiger partial charge in [0.25, 0.3) is 0 Å². The molecule has 5 nitrogen and oxygen atoms in total. The molecule has 0 N–H and O–H groups in total. The van der Waals surface area contributed by atoms with Gasteiger partial charge in [0.05, 0.1) is 25.7 Å². The molecule has 0 bridgehead atoms. The average molecular weight is 304 g/mol. The SMILES string of the molecule is CCCCOc1ccc2c(C)c(CC(=O)OC)c(=O)oc2c1. The summed E-state index contributed by atoms with van der Waals surface area (Å²) < 4.78 is 15.5. The highest BCUT2D eigenvalue weighted by Gasteiger charge is 2.15. The van der Waals surface area contributed by atoms with Crippen molar-refractivity contribution in [2.24, 2.45) is 0 Å². The number of unbranched alkanes of at least 4 members (excludes halogenated alkanes) is 1. The lowest BCUT2D eigenvalue weighted by Gasteiger charge is -2.09. The largest absolute Gasteiger partial charge is 0.493 e. The van der Waals surface area contributed by atoms with Gasteiger partial charge in [0, 0.05) is 11.5 Å². The Morgan fingerprint density at radius 2 is 2.09 bits per heavy atom. The summed E-state index contributed by atoms with van der Waals surface area (Å²) >= 11 is 0. The van der Waals surface area contributed by atoms with Crippen molar-refractivity contribution in [2.45, 2.75) is 33.1 Å². The maximum atomic E-state index is 12.1. The van der Waals surface area contributed by atoms with Crippen LogP contribution in [0.1, 0.15) is 30.9 Å². The van der Waals surface area contributed by atoms with Crippen LogP contribution in [0.3, 0.4) is 0 Å². The molecule has 0 radical (unpaired) electrons. The normalized spacial score (nSPS) is 10.7. The van der Waals surface area contributed by atoms with Crippen LogP contribution in [0.15, 0.2) is 27.4 Å². The number of ether oxygens (including phenoxy) is 2. The zero-order chi connectivity index (χ0) is 16.1. The van der Waals surface area contributed by atoms with Gasteiger partial charge in [-0.1, -0.05) is 13.3 Å². The number of rotatable bonds is 6. The fourth-order valence-corrected chi connectivity index (χ4v) is 2.22. The summed E-state index contributed by atoms with van der Waals surface area (Å²) in [5.41, 5.74) is 1.02. The number of benzene rings is 1. The summed E-state index contributed by atoms with van der Waals surface area (Å²) in [4.78, 5) is 23.5. The average Bonchev–Trinajstić information content (AvgIpc) is 2.51. The van der Waals surface area contributed by atoms with Crippen molar-refractivity contribution in [3.8, 4) is 5.75 Å². The number of hydrogen-bond donors (Lipinski definition) is 0. The second-order valence-electron chi connectivity index (χ2n) is 5.11. The minimum absolute atomic E-state index is 0.0879. The first-order valence-electron chi connectivity index (χ1n) is 7.32. The third-order valence-electron chi connectivity index (χ3n) is 3.57. The molecule has 0 fully saturated rings. The maximum absolute atomic E-state index is 12.1. The lowest BCUT2D eigenvalue weighted by molar-refractivity contribution is -0.139. The first-order valence-corrected chi connectivity index (χ1v) is 7.32. The van der Waals surface area contributed by atoms with E-state index in [0.29, 0.717) is 23.5 Å². The van der Waals surface area contributed by atoms with Crippen LogP contribution in [-0.4, -0.2) is 19.7 Å². The number of fused-ring (bicyclic) bond motifs is 1. The van der Waals surface area contributed by atoms with Crippen molar-refractivity contribution in [2.75, 3.05) is 13.7 Å². The maximum Gasteiger partial charge on any atom is 0.340 e. The van der Waals surface area contributed by atoms with Gasteiger partial charge in [0.1, 0.15) is 11.3 Å². The van der Waals surface area contributed by atoms with Gasteiger partial charge in [-0.25, -0.2) is 4.79 Å². The van der Waals surface area contributed by atoms with E-state index in [4.69, 9.17) is 9.15 Å². The Bertz CT molecular complexity index is 730. The fraction of sp³-hybridized carbons (Fsp3) is 0.412. The second kappa shape index (κ2) is 7.11. The van der Waals surface area contributed by atoms with Gasteiger partial charge in [-0.3, -0.25) is 4.79 Å². The van der Waals surface area contributed by atoms with Crippen LogP contribution < -0.4 is 10.4 Å². The molecule has 22 heavy (non-hydrogen) atoms. The predicted molar refractivity (Wildman–Crippen MR) is 83.3 cm³/mol. The van der Waals surface area contributed by atoms with E-state index in [1.165, 1.54) is 7.11 Å². The molecular weight excluding hydrogens is 284 g/mol. The predicted octanol–water partition coefficient (Wildman–Crippen LogP) is 3.00. The standard InChI is InChI=1S/C17H20O5/c1-4-5-8-21-12-6-7-13-11(2)14(10-16(18)20-3)17(19)22-15(13)9-12/h6-7,9H,4-5,8,10H2,1-3H3. The van der Waals surface area contributed by atoms with Crippen molar-refractivity contribution in [1.82, 2.24) is 0 Å². The highest BCUT2D eigenvalue weighted by molar-refractivity contribution is 5.84. The van der Waals surface area contributed by atoms with Crippen LogP contribution in [0.2, 0.25) is 0 Å². The smallest absolute Gasteiger partial charge is 0.340 e. The van der Waals surface area contributed by atoms with Crippen molar-refractivity contribution in [1.29, 1.82) is 0 Å². The highest BCUT2D eigenvalue weighted by Crippen LogP contribution is 2.24. The van der Waals surface area contributed by atoms with E-state index in [0.717, 1.165) is 23.8 Å². The Hall–Kier alpha value is -2.30. The van der Waals surface area contributed by atoms with E-state index in [2.05, 4.69) is 11.7 Å². The monoisotopic (exact) mass is 304 g/mol. The zero-order valence-corrected chi connectivity index (χ0v) is 13.1. The van der Waals surface area contributed by atoms with Crippen molar-refractivity contribution >= 4 is 16.9 Å². The van der Waals surface area contributed by atoms with Crippen LogP contribution in [0, 0.1) is 6.92 Å². The summed E-state index contributed by atoms with van der Waals surface area (Å²) in [6.07, 6.45) is 1.94. The molecule has 0 aliphatic carbocycles. The third-order valence-corrected chi connectivity index (χ3v) is 3.57. The van der Waals surface area contributed by atoms with E-state index in [1.54, 1.807) is 13.0 Å². The Kier molecular flexibility index (Phi) is 5.20. The molecule has 118 valence electrons. The number of hydrogen-bond acceptors (Lipinski definition) is 5. The molecule has 0 unspecified atom stereocenters. The number of esters is 1. The first kappa shape index (κ1) is 16.1. The molecule has 0 aliphatic heterocycles. The number of carbonyl (C=O) groups is 1. The number of carbonyl (C=O) groups excluding carboxylic acids is 1. The minimum Gasteiger partial charge on any atom is -0.493 e. The van der Waals surface area contributed by atoms with Crippen LogP contribution >= 0.6 is 0 Å². The van der Waals surface area contributed by atoms with E-state index >= 15 is 0 Å². The lowest BCUT2D eigenvalue weighted by atomic mass is 10.0. The van der Waals surface area contributed by atoms with Gasteiger partial charge >= 0.3 is 11.6 Å². The fourth-order valence-electron chi connectivity index (χ4n) is 2.22. The Labute approximate surface area is 128 Å². The zero-order valence-electron chi connectivity index (χ0n) is 13.1. The van der Waals surface area contributed by atoms with E-state index < -0.39 is 11.6 Å². The quantitative estimate of drug-likeness (QED) is 0.466. The van der Waals surface area contributed by atoms with Crippen LogP contribution in [-0.2, 0) is 16.0 Å². The molecule has 2 aromatic rings. The van der Waals surface area contributed by atoms with Gasteiger partial charge in [-0.2, -0.15) is 0 Å². The van der Waals surface area contributed by atoms with Crippen LogP contribution in [0.5, 0.6) is 5.75 Å². The van der Waals surface area contributed by atoms with Gasteiger partial charge in [0.2, 0.25) is 0 Å². The molecule has 0 saturated carbocycles. The van der Waals surface area contributed by atoms with Crippen molar-refractivity contribution in [3.05, 3.63) is 39.7 Å². The molecule has 0 spiro atoms. The minimum atomic E-state index is -0.513. The summed E-state index contributed by atoms with van der Waals surface area (Å²) in [6.45, 7) is 4.52. The van der Waals surface area contributed by atoms with E-state index in [-0.39, 0.29) is 6.42 Å². The molecule has 1 heterocycles. The molecule has 0 amide bonds. The number of methoxy groups -OCH3 is 1. The Morgan fingerprint density at radius 1 is 1.32 bits per heavy atom. The van der Waals surface area contributed by atoms with Gasteiger partial charge < -0.3 is 13.9 Å². The summed E-state index contributed by atoms with van der Waals surface area (Å²) in [7, 11) is 1.29. The molecule has 2 rings (SSSR count). The molecule has 0 saturated heterocycles. The van der Waals surface area contributed by atoms with Gasteiger partial charge in [-0.15, -0.1) is 0 Å². The summed E-state index contributed by atoms with van der Waals surface area (Å²) in [5, 5.41) is 0.793. The molecule has 1 aromatic heterocycles. The van der Waals surface area contributed by atoms with Crippen LogP contribution in [0.4, 0.5) is 0 Å².